The lowest BCUT2D eigenvalue weighted by molar-refractivity contribution is -0.308. The number of rotatable bonds is 3. The van der Waals surface area contributed by atoms with Crippen molar-refractivity contribution >= 4 is 23.4 Å². The number of carboxylic acids is 1. The van der Waals surface area contributed by atoms with Gasteiger partial charge >= 0.3 is 0 Å². The first-order valence-corrected chi connectivity index (χ1v) is 7.16. The van der Waals surface area contributed by atoms with Crippen LogP contribution in [0.2, 0.25) is 5.02 Å². The summed E-state index contributed by atoms with van der Waals surface area (Å²) in [6.45, 7) is 0.654. The third-order valence-corrected chi connectivity index (χ3v) is 4.12. The van der Waals surface area contributed by atoms with Crippen molar-refractivity contribution in [1.82, 2.24) is 10.7 Å². The van der Waals surface area contributed by atoms with E-state index in [4.69, 9.17) is 11.6 Å². The van der Waals surface area contributed by atoms with Crippen LogP contribution in [0.25, 0.3) is 0 Å². The Kier molecular flexibility index (Phi) is 4.68. The van der Waals surface area contributed by atoms with Crippen LogP contribution in [-0.4, -0.2) is 16.3 Å². The number of benzene rings is 1. The first-order valence-electron chi connectivity index (χ1n) is 6.78. The molecular weight excluding hydrogens is 304 g/mol. The second kappa shape index (κ2) is 6.34. The number of quaternary nitrogens is 1. The molecule has 1 aliphatic rings. The van der Waals surface area contributed by atoms with E-state index < -0.39 is 11.9 Å². The Balaban J connectivity index is 0.00000176. The fourth-order valence-corrected chi connectivity index (χ4v) is 2.95. The van der Waals surface area contributed by atoms with Crippen LogP contribution >= 0.6 is 11.6 Å². The van der Waals surface area contributed by atoms with E-state index in [0.717, 1.165) is 6.42 Å². The fraction of sp³-hybridized carbons (Fsp3) is 0.250. The number of hydrogen-bond acceptors (Lipinski definition) is 3. The van der Waals surface area contributed by atoms with Crippen LogP contribution in [0.5, 0.6) is 0 Å². The zero-order valence-corrected chi connectivity index (χ0v) is 13.0. The first kappa shape index (κ1) is 16.3. The van der Waals surface area contributed by atoms with Gasteiger partial charge in [0.1, 0.15) is 0 Å². The second-order valence-corrected chi connectivity index (χ2v) is 5.58. The van der Waals surface area contributed by atoms with E-state index in [2.05, 4.69) is 0 Å². The van der Waals surface area contributed by atoms with E-state index in [1.807, 2.05) is 0 Å². The quantitative estimate of drug-likeness (QED) is 0.879. The molecule has 0 saturated carbocycles. The molecule has 22 heavy (non-hydrogen) atoms. The molecule has 0 aliphatic carbocycles. The second-order valence-electron chi connectivity index (χ2n) is 5.14. The highest BCUT2D eigenvalue weighted by Crippen LogP contribution is 2.30. The monoisotopic (exact) mass is 320 g/mol. The van der Waals surface area contributed by atoms with Gasteiger partial charge < -0.3 is 20.6 Å². The zero-order valence-electron chi connectivity index (χ0n) is 12.2. The van der Waals surface area contributed by atoms with E-state index >= 15 is 0 Å². The van der Waals surface area contributed by atoms with Crippen molar-refractivity contribution in [3.05, 3.63) is 58.4 Å². The normalized spacial score (nSPS) is 16.5. The molecule has 0 saturated heterocycles. The van der Waals surface area contributed by atoms with Crippen LogP contribution in [0.4, 0.5) is 0 Å². The lowest BCUT2D eigenvalue weighted by Crippen LogP contribution is -2.33. The summed E-state index contributed by atoms with van der Waals surface area (Å²) in [6.07, 6.45) is 1.28. The number of carboxylic acid groups (broad SMARTS) is 1. The molecular formula is C16H17ClN2O3. The summed E-state index contributed by atoms with van der Waals surface area (Å²) in [6, 6.07) is 10.1. The predicted molar refractivity (Wildman–Crippen MR) is 82.3 cm³/mol. The summed E-state index contributed by atoms with van der Waals surface area (Å²) >= 11 is 5.82. The van der Waals surface area contributed by atoms with Gasteiger partial charge in [-0.25, -0.2) is 0 Å². The number of carbonyl (C=O) groups excluding carboxylic acids is 2. The van der Waals surface area contributed by atoms with E-state index in [9.17, 15) is 14.7 Å². The van der Waals surface area contributed by atoms with Crippen molar-refractivity contribution in [3.8, 4) is 0 Å². The average Bonchev–Trinajstić information content (AvgIpc) is 2.90. The number of fused-ring (bicyclic) bond motifs is 1. The van der Waals surface area contributed by atoms with Gasteiger partial charge in [-0.1, -0.05) is 11.6 Å². The Morgan fingerprint density at radius 1 is 1.14 bits per heavy atom. The third-order valence-electron chi connectivity index (χ3n) is 3.87. The maximum atomic E-state index is 12.5. The first-order chi connectivity index (χ1) is 10.1. The van der Waals surface area contributed by atoms with E-state index in [-0.39, 0.29) is 11.9 Å². The Labute approximate surface area is 133 Å². The Hall–Kier alpha value is -2.11. The standard InChI is InChI=1S/C16H14ClNO3.H3N/c17-11-5-3-10(4-6-11)15(19)14-8-7-13-12(16(20)21)2-1-9-18(13)14;/h3-8,12H,1-2,9H2,(H,20,21);1H3. The van der Waals surface area contributed by atoms with E-state index in [1.54, 1.807) is 41.0 Å². The van der Waals surface area contributed by atoms with E-state index in [0.29, 0.717) is 34.9 Å². The van der Waals surface area contributed by atoms with Gasteiger partial charge in [0.2, 0.25) is 5.78 Å². The summed E-state index contributed by atoms with van der Waals surface area (Å²) in [5.41, 5.74) is 1.70. The maximum Gasteiger partial charge on any atom is 0.209 e. The molecule has 116 valence electrons. The molecule has 0 amide bonds. The van der Waals surface area contributed by atoms with Gasteiger partial charge in [0.15, 0.2) is 0 Å². The van der Waals surface area contributed by atoms with Crippen LogP contribution < -0.4 is 11.3 Å². The van der Waals surface area contributed by atoms with Crippen molar-refractivity contribution in [2.24, 2.45) is 0 Å². The number of hydrogen-bond donors (Lipinski definition) is 1. The molecule has 5 nitrogen and oxygen atoms in total. The molecule has 1 aliphatic heterocycles. The topological polar surface area (TPSA) is 98.6 Å². The van der Waals surface area contributed by atoms with Gasteiger partial charge in [-0.3, -0.25) is 4.79 Å². The molecule has 1 unspecified atom stereocenters. The van der Waals surface area contributed by atoms with Gasteiger partial charge in [-0.15, -0.1) is 0 Å². The van der Waals surface area contributed by atoms with Gasteiger partial charge in [0, 0.05) is 28.7 Å². The van der Waals surface area contributed by atoms with Crippen molar-refractivity contribution < 1.29 is 14.7 Å². The summed E-state index contributed by atoms with van der Waals surface area (Å²) in [7, 11) is 0. The van der Waals surface area contributed by atoms with Gasteiger partial charge in [-0.2, -0.15) is 0 Å². The molecule has 2 aromatic rings. The SMILES string of the molecule is O=C(c1ccc(Cl)cc1)c1ccc2n1CCCC2C(=O)[O-].[NH4+]. The van der Waals surface area contributed by atoms with Crippen LogP contribution in [0, 0.1) is 0 Å². The highest BCUT2D eigenvalue weighted by atomic mass is 35.5. The molecule has 6 heteroatoms. The highest BCUT2D eigenvalue weighted by molar-refractivity contribution is 6.30. The van der Waals surface area contributed by atoms with Crippen molar-refractivity contribution in [2.75, 3.05) is 0 Å². The van der Waals surface area contributed by atoms with Crippen LogP contribution in [0.1, 0.15) is 40.5 Å². The number of halogens is 1. The zero-order chi connectivity index (χ0) is 15.0. The van der Waals surface area contributed by atoms with Crippen LogP contribution in [-0.2, 0) is 11.3 Å². The van der Waals surface area contributed by atoms with Crippen molar-refractivity contribution in [3.63, 3.8) is 0 Å². The molecule has 0 spiro atoms. The Bertz CT molecular complexity index is 707. The number of ketones is 1. The minimum absolute atomic E-state index is 0. The third kappa shape index (κ3) is 2.77. The number of aliphatic carboxylic acids is 1. The minimum Gasteiger partial charge on any atom is -0.549 e. The number of carbonyl (C=O) groups is 2. The van der Waals surface area contributed by atoms with Gasteiger partial charge in [0.25, 0.3) is 0 Å². The Morgan fingerprint density at radius 2 is 1.82 bits per heavy atom. The summed E-state index contributed by atoms with van der Waals surface area (Å²) in [4.78, 5) is 23.7. The molecule has 1 aromatic carbocycles. The molecule has 2 heterocycles. The molecule has 1 atom stereocenters. The minimum atomic E-state index is -1.08. The molecule has 1 aromatic heterocycles. The lowest BCUT2D eigenvalue weighted by atomic mass is 9.96. The summed E-state index contributed by atoms with van der Waals surface area (Å²) < 4.78 is 1.79. The average molecular weight is 321 g/mol. The summed E-state index contributed by atoms with van der Waals surface area (Å²) in [5.74, 6) is -1.85. The molecule has 0 radical (unpaired) electrons. The predicted octanol–water partition coefficient (Wildman–Crippen LogP) is 2.38. The van der Waals surface area contributed by atoms with Crippen LogP contribution in [0.15, 0.2) is 36.4 Å². The Morgan fingerprint density at radius 3 is 2.45 bits per heavy atom. The molecule has 3 rings (SSSR count). The summed E-state index contributed by atoms with van der Waals surface area (Å²) in [5, 5.41) is 11.7. The number of nitrogens with zero attached hydrogens (tertiary/aromatic N) is 1. The maximum absolute atomic E-state index is 12.5. The molecule has 4 N–H and O–H groups in total. The largest absolute Gasteiger partial charge is 0.549 e. The molecule has 0 bridgehead atoms. The van der Waals surface area contributed by atoms with Gasteiger partial charge in [0.05, 0.1) is 11.7 Å². The fourth-order valence-electron chi connectivity index (χ4n) is 2.82. The lowest BCUT2D eigenvalue weighted by Gasteiger charge is -2.26. The number of aromatic nitrogens is 1. The highest BCUT2D eigenvalue weighted by Gasteiger charge is 2.25. The smallest absolute Gasteiger partial charge is 0.209 e. The van der Waals surface area contributed by atoms with Crippen LogP contribution in [0.3, 0.4) is 0 Å². The van der Waals surface area contributed by atoms with Crippen molar-refractivity contribution in [1.29, 1.82) is 0 Å². The van der Waals surface area contributed by atoms with E-state index in [1.165, 1.54) is 0 Å². The molecule has 0 fully saturated rings. The van der Waals surface area contributed by atoms with Gasteiger partial charge in [-0.05, 0) is 49.2 Å². The van der Waals surface area contributed by atoms with Crippen molar-refractivity contribution in [2.45, 2.75) is 25.3 Å².